The largest absolute Gasteiger partial charge is 0.496 e. The second kappa shape index (κ2) is 8.77. The quantitative estimate of drug-likeness (QED) is 0.752. The topological polar surface area (TPSA) is 47.6 Å². The molecule has 0 bridgehead atoms. The average Bonchev–Trinajstić information content (AvgIpc) is 2.61. The van der Waals surface area contributed by atoms with Gasteiger partial charge in [-0.25, -0.2) is 0 Å². The van der Waals surface area contributed by atoms with E-state index in [2.05, 4.69) is 11.9 Å². The number of methoxy groups -OCH3 is 1. The van der Waals surface area contributed by atoms with Gasteiger partial charge in [0.05, 0.1) is 13.7 Å². The van der Waals surface area contributed by atoms with Crippen molar-refractivity contribution in [2.75, 3.05) is 13.7 Å². The molecule has 2 aromatic rings. The zero-order valence-electron chi connectivity index (χ0n) is 14.2. The number of rotatable bonds is 8. The highest BCUT2D eigenvalue weighted by molar-refractivity contribution is 5.94. The first-order valence-corrected chi connectivity index (χ1v) is 7.95. The fourth-order valence-electron chi connectivity index (χ4n) is 2.39. The number of benzene rings is 2. The smallest absolute Gasteiger partial charge is 0.251 e. The van der Waals surface area contributed by atoms with Crippen LogP contribution in [0.5, 0.6) is 11.5 Å². The van der Waals surface area contributed by atoms with Gasteiger partial charge in [-0.2, -0.15) is 0 Å². The highest BCUT2D eigenvalue weighted by Gasteiger charge is 2.09. The van der Waals surface area contributed by atoms with Crippen LogP contribution < -0.4 is 14.8 Å². The van der Waals surface area contributed by atoms with Crippen molar-refractivity contribution in [2.45, 2.75) is 19.9 Å². The number of hydrogen-bond donors (Lipinski definition) is 1. The van der Waals surface area contributed by atoms with Gasteiger partial charge in [0.25, 0.3) is 5.91 Å². The molecule has 0 unspecified atom stereocenters. The molecule has 0 fully saturated rings. The first-order valence-electron chi connectivity index (χ1n) is 7.95. The lowest BCUT2D eigenvalue weighted by Crippen LogP contribution is -2.22. The Morgan fingerprint density at radius 1 is 1.21 bits per heavy atom. The lowest BCUT2D eigenvalue weighted by Gasteiger charge is -2.10. The third-order valence-electron chi connectivity index (χ3n) is 3.59. The van der Waals surface area contributed by atoms with Crippen molar-refractivity contribution >= 4 is 5.91 Å². The number of carbonyl (C=O) groups is 1. The van der Waals surface area contributed by atoms with Gasteiger partial charge in [0, 0.05) is 12.1 Å². The van der Waals surface area contributed by atoms with Crippen molar-refractivity contribution in [3.05, 3.63) is 71.8 Å². The molecule has 2 rings (SSSR count). The van der Waals surface area contributed by atoms with Gasteiger partial charge in [0.1, 0.15) is 11.5 Å². The normalized spacial score (nSPS) is 10.1. The monoisotopic (exact) mass is 325 g/mol. The minimum atomic E-state index is -0.114. The molecule has 1 amide bonds. The van der Waals surface area contributed by atoms with Crippen LogP contribution >= 0.6 is 0 Å². The Balaban J connectivity index is 2.01. The zero-order valence-corrected chi connectivity index (χ0v) is 14.2. The molecule has 0 aliphatic rings. The minimum Gasteiger partial charge on any atom is -0.496 e. The van der Waals surface area contributed by atoms with Crippen molar-refractivity contribution in [2.24, 2.45) is 0 Å². The van der Waals surface area contributed by atoms with E-state index in [0.717, 1.165) is 22.6 Å². The van der Waals surface area contributed by atoms with Gasteiger partial charge in [-0.1, -0.05) is 18.2 Å². The second-order valence-corrected chi connectivity index (χ2v) is 5.28. The fourth-order valence-corrected chi connectivity index (χ4v) is 2.39. The molecule has 0 saturated heterocycles. The van der Waals surface area contributed by atoms with Gasteiger partial charge in [-0.05, 0) is 54.8 Å². The Morgan fingerprint density at radius 2 is 1.96 bits per heavy atom. The predicted octanol–water partition coefficient (Wildman–Crippen LogP) is 3.75. The van der Waals surface area contributed by atoms with Gasteiger partial charge in [0.15, 0.2) is 0 Å². The molecule has 4 nitrogen and oxygen atoms in total. The van der Waals surface area contributed by atoms with E-state index in [1.54, 1.807) is 19.3 Å². The van der Waals surface area contributed by atoms with Crippen LogP contribution in [0.25, 0.3) is 0 Å². The zero-order chi connectivity index (χ0) is 17.4. The lowest BCUT2D eigenvalue weighted by molar-refractivity contribution is 0.0951. The summed E-state index contributed by atoms with van der Waals surface area (Å²) in [6.07, 6.45) is 2.45. The maximum atomic E-state index is 12.3. The number of allylic oxidation sites excluding steroid dienone is 1. The molecule has 0 radical (unpaired) electrons. The predicted molar refractivity (Wildman–Crippen MR) is 95.7 cm³/mol. The Bertz CT molecular complexity index is 693. The van der Waals surface area contributed by atoms with Gasteiger partial charge < -0.3 is 14.8 Å². The summed E-state index contributed by atoms with van der Waals surface area (Å²) in [5.74, 6) is 1.48. The Hall–Kier alpha value is -2.75. The van der Waals surface area contributed by atoms with Crippen LogP contribution in [-0.4, -0.2) is 19.6 Å². The lowest BCUT2D eigenvalue weighted by atomic mass is 10.1. The SMILES string of the molecule is C=CCc1cc(C(=O)NCc2ccc(OCC)cc2)ccc1OC. The van der Waals surface area contributed by atoms with Gasteiger partial charge in [0.2, 0.25) is 0 Å². The minimum absolute atomic E-state index is 0.114. The van der Waals surface area contributed by atoms with Crippen LogP contribution in [0.1, 0.15) is 28.4 Å². The van der Waals surface area contributed by atoms with E-state index in [4.69, 9.17) is 9.47 Å². The highest BCUT2D eigenvalue weighted by Crippen LogP contribution is 2.21. The number of ether oxygens (including phenoxy) is 2. The first-order chi connectivity index (χ1) is 11.7. The molecular formula is C20H23NO3. The van der Waals surface area contributed by atoms with Crippen LogP contribution in [0.15, 0.2) is 55.1 Å². The molecule has 126 valence electrons. The van der Waals surface area contributed by atoms with E-state index in [1.807, 2.05) is 43.3 Å². The fraction of sp³-hybridized carbons (Fsp3) is 0.250. The Morgan fingerprint density at radius 3 is 2.58 bits per heavy atom. The number of carbonyl (C=O) groups excluding carboxylic acids is 1. The van der Waals surface area contributed by atoms with Crippen molar-refractivity contribution in [1.82, 2.24) is 5.32 Å². The molecule has 24 heavy (non-hydrogen) atoms. The van der Waals surface area contributed by atoms with Crippen LogP contribution in [0.3, 0.4) is 0 Å². The number of hydrogen-bond acceptors (Lipinski definition) is 3. The van der Waals surface area contributed by atoms with E-state index in [1.165, 1.54) is 0 Å². The van der Waals surface area contributed by atoms with Gasteiger partial charge in [-0.3, -0.25) is 4.79 Å². The van der Waals surface area contributed by atoms with E-state index >= 15 is 0 Å². The molecule has 0 aliphatic carbocycles. The molecule has 2 aromatic carbocycles. The summed E-state index contributed by atoms with van der Waals surface area (Å²) in [5.41, 5.74) is 2.58. The summed E-state index contributed by atoms with van der Waals surface area (Å²) in [4.78, 5) is 12.3. The van der Waals surface area contributed by atoms with Crippen LogP contribution in [0.2, 0.25) is 0 Å². The Kier molecular flexibility index (Phi) is 6.43. The van der Waals surface area contributed by atoms with Crippen molar-refractivity contribution in [3.8, 4) is 11.5 Å². The Labute approximate surface area is 143 Å². The molecule has 4 heteroatoms. The van der Waals surface area contributed by atoms with Crippen LogP contribution in [0.4, 0.5) is 0 Å². The van der Waals surface area contributed by atoms with Gasteiger partial charge in [-0.15, -0.1) is 6.58 Å². The van der Waals surface area contributed by atoms with Crippen molar-refractivity contribution in [1.29, 1.82) is 0 Å². The number of amides is 1. The summed E-state index contributed by atoms with van der Waals surface area (Å²) in [7, 11) is 1.62. The van der Waals surface area contributed by atoms with E-state index in [-0.39, 0.29) is 5.91 Å². The highest BCUT2D eigenvalue weighted by atomic mass is 16.5. The second-order valence-electron chi connectivity index (χ2n) is 5.28. The summed E-state index contributed by atoms with van der Waals surface area (Å²) >= 11 is 0. The first kappa shape index (κ1) is 17.6. The molecule has 0 aromatic heterocycles. The molecule has 0 aliphatic heterocycles. The summed E-state index contributed by atoms with van der Waals surface area (Å²) in [6, 6.07) is 13.1. The molecular weight excluding hydrogens is 302 g/mol. The third-order valence-corrected chi connectivity index (χ3v) is 3.59. The molecule has 0 saturated carbocycles. The maximum Gasteiger partial charge on any atom is 0.251 e. The molecule has 1 N–H and O–H groups in total. The van der Waals surface area contributed by atoms with Gasteiger partial charge >= 0.3 is 0 Å². The summed E-state index contributed by atoms with van der Waals surface area (Å²) < 4.78 is 10.7. The summed E-state index contributed by atoms with van der Waals surface area (Å²) in [5, 5.41) is 2.93. The van der Waals surface area contributed by atoms with Crippen LogP contribution in [-0.2, 0) is 13.0 Å². The van der Waals surface area contributed by atoms with E-state index < -0.39 is 0 Å². The third kappa shape index (κ3) is 4.62. The molecule has 0 spiro atoms. The van der Waals surface area contributed by atoms with Crippen molar-refractivity contribution < 1.29 is 14.3 Å². The maximum absolute atomic E-state index is 12.3. The standard InChI is InChI=1S/C20H23NO3/c1-4-6-16-13-17(9-12-19(16)23-3)20(22)21-14-15-7-10-18(11-8-15)24-5-2/h4,7-13H,1,5-6,14H2,2-3H3,(H,21,22). The van der Waals surface area contributed by atoms with Crippen LogP contribution in [0, 0.1) is 0 Å². The van der Waals surface area contributed by atoms with E-state index in [9.17, 15) is 4.79 Å². The summed E-state index contributed by atoms with van der Waals surface area (Å²) in [6.45, 7) is 6.79. The molecule has 0 heterocycles. The molecule has 0 atom stereocenters. The van der Waals surface area contributed by atoms with Crippen molar-refractivity contribution in [3.63, 3.8) is 0 Å². The average molecular weight is 325 g/mol. The van der Waals surface area contributed by atoms with E-state index in [0.29, 0.717) is 25.1 Å². The number of nitrogens with one attached hydrogen (secondary N) is 1.